The fourth-order valence-corrected chi connectivity index (χ4v) is 3.87. The van der Waals surface area contributed by atoms with Crippen molar-refractivity contribution in [1.29, 1.82) is 0 Å². The number of primary sulfonamides is 1. The molecule has 0 saturated heterocycles. The van der Waals surface area contributed by atoms with Crippen LogP contribution in [0.3, 0.4) is 0 Å². The number of aromatic nitrogens is 2. The van der Waals surface area contributed by atoms with E-state index in [4.69, 9.17) is 5.14 Å². The number of anilines is 1. The zero-order valence-corrected chi connectivity index (χ0v) is 15.1. The number of fused-ring (bicyclic) bond motifs is 2. The van der Waals surface area contributed by atoms with Crippen molar-refractivity contribution in [3.05, 3.63) is 42.0 Å². The lowest BCUT2D eigenvalue weighted by atomic mass is 9.78. The Bertz CT molecular complexity index is 1150. The summed E-state index contributed by atoms with van der Waals surface area (Å²) in [6.45, 7) is 4.08. The number of nitrogens with one attached hydrogen (secondary N) is 2. The Morgan fingerprint density at radius 2 is 1.85 bits per heavy atom. The van der Waals surface area contributed by atoms with Crippen molar-refractivity contribution in [3.63, 3.8) is 0 Å². The summed E-state index contributed by atoms with van der Waals surface area (Å²) in [4.78, 5) is 19.8. The Morgan fingerprint density at radius 3 is 2.50 bits per heavy atom. The van der Waals surface area contributed by atoms with E-state index >= 15 is 0 Å². The van der Waals surface area contributed by atoms with Crippen LogP contribution < -0.4 is 10.5 Å². The molecule has 3 aromatic rings. The summed E-state index contributed by atoms with van der Waals surface area (Å²) < 4.78 is 22.8. The average molecular weight is 370 g/mol. The molecule has 8 heteroatoms. The predicted octanol–water partition coefficient (Wildman–Crippen LogP) is 2.50. The highest BCUT2D eigenvalue weighted by Gasteiger charge is 2.32. The third-order valence-corrected chi connectivity index (χ3v) is 5.61. The van der Waals surface area contributed by atoms with Crippen molar-refractivity contribution >= 4 is 32.7 Å². The number of benzene rings is 2. The van der Waals surface area contributed by atoms with Crippen LogP contribution in [-0.2, 0) is 20.2 Å². The molecule has 1 aliphatic heterocycles. The molecule has 4 N–H and O–H groups in total. The first-order valence-corrected chi connectivity index (χ1v) is 9.65. The van der Waals surface area contributed by atoms with E-state index in [1.54, 1.807) is 12.1 Å². The molecule has 0 saturated carbocycles. The number of nitrogens with zero attached hydrogens (tertiary/aromatic N) is 1. The number of carbonyl (C=O) groups excluding carboxylic acids is 1. The third kappa shape index (κ3) is 2.77. The molecule has 26 heavy (non-hydrogen) atoms. The van der Waals surface area contributed by atoms with Gasteiger partial charge in [-0.15, -0.1) is 0 Å². The summed E-state index contributed by atoms with van der Waals surface area (Å²) >= 11 is 0. The van der Waals surface area contributed by atoms with Crippen LogP contribution in [-0.4, -0.2) is 24.3 Å². The van der Waals surface area contributed by atoms with Crippen molar-refractivity contribution in [2.24, 2.45) is 5.14 Å². The van der Waals surface area contributed by atoms with Crippen LogP contribution in [0.2, 0.25) is 0 Å². The quantitative estimate of drug-likeness (QED) is 0.642. The van der Waals surface area contributed by atoms with Gasteiger partial charge in [0.05, 0.1) is 15.9 Å². The average Bonchev–Trinajstić information content (AvgIpc) is 2.95. The maximum atomic E-state index is 11.9. The maximum Gasteiger partial charge on any atom is 0.238 e. The number of sulfonamides is 1. The zero-order valence-electron chi connectivity index (χ0n) is 14.3. The van der Waals surface area contributed by atoms with Crippen molar-refractivity contribution in [2.45, 2.75) is 30.6 Å². The highest BCUT2D eigenvalue weighted by atomic mass is 32.2. The number of nitrogens with two attached hydrogens (primary N) is 1. The lowest BCUT2D eigenvalue weighted by Crippen LogP contribution is -2.32. The molecule has 1 aromatic heterocycles. The third-order valence-electron chi connectivity index (χ3n) is 4.68. The molecular formula is C18H18N4O3S. The molecule has 134 valence electrons. The Labute approximate surface area is 150 Å². The van der Waals surface area contributed by atoms with Gasteiger partial charge in [-0.05, 0) is 42.0 Å². The Kier molecular flexibility index (Phi) is 3.47. The molecule has 1 amide bonds. The van der Waals surface area contributed by atoms with E-state index in [0.717, 1.165) is 27.8 Å². The van der Waals surface area contributed by atoms with Gasteiger partial charge < -0.3 is 10.3 Å². The monoisotopic (exact) mass is 370 g/mol. The molecule has 7 nitrogen and oxygen atoms in total. The summed E-state index contributed by atoms with van der Waals surface area (Å²) in [6.07, 6.45) is 0.432. The minimum absolute atomic E-state index is 0.00353. The first-order valence-electron chi connectivity index (χ1n) is 8.11. The largest absolute Gasteiger partial charge is 0.338 e. The highest BCUT2D eigenvalue weighted by Crippen LogP contribution is 2.39. The Hall–Kier alpha value is -2.71. The fraction of sp³-hybridized carbons (Fsp3) is 0.222. The SMILES string of the molecule is CC1(C)CC(=O)Nc2cc3nc(-c4ccc(S(N)(=O)=O)cc4)[nH]c3cc21. The van der Waals surface area contributed by atoms with Crippen LogP contribution >= 0.6 is 0 Å². The summed E-state index contributed by atoms with van der Waals surface area (Å²) in [7, 11) is -3.73. The first kappa shape index (κ1) is 16.7. The van der Waals surface area contributed by atoms with Gasteiger partial charge in [-0.1, -0.05) is 13.8 Å². The fourth-order valence-electron chi connectivity index (χ4n) is 3.35. The molecule has 2 aromatic carbocycles. The maximum absolute atomic E-state index is 11.9. The molecule has 4 rings (SSSR count). The standard InChI is InChI=1S/C18H18N4O3S/c1-18(2)9-16(23)20-13-8-15-14(7-12(13)18)21-17(22-15)10-3-5-11(6-4-10)26(19,24)25/h3-8H,9H2,1-2H3,(H,20,23)(H,21,22)(H2,19,24,25). The minimum Gasteiger partial charge on any atom is -0.338 e. The van der Waals surface area contributed by atoms with Gasteiger partial charge in [0.2, 0.25) is 15.9 Å². The van der Waals surface area contributed by atoms with Gasteiger partial charge in [0, 0.05) is 23.1 Å². The van der Waals surface area contributed by atoms with Crippen LogP contribution in [0.15, 0.2) is 41.3 Å². The van der Waals surface area contributed by atoms with E-state index in [-0.39, 0.29) is 16.2 Å². The van der Waals surface area contributed by atoms with Crippen LogP contribution in [0.4, 0.5) is 5.69 Å². The van der Waals surface area contributed by atoms with Gasteiger partial charge in [-0.25, -0.2) is 18.5 Å². The van der Waals surface area contributed by atoms with Gasteiger partial charge in [0.1, 0.15) is 5.82 Å². The van der Waals surface area contributed by atoms with Gasteiger partial charge in [-0.3, -0.25) is 4.79 Å². The minimum atomic E-state index is -3.73. The molecule has 0 bridgehead atoms. The molecule has 0 unspecified atom stereocenters. The second-order valence-corrected chi connectivity index (χ2v) is 8.74. The molecule has 2 heterocycles. The molecule has 0 fully saturated rings. The first-order chi connectivity index (χ1) is 12.1. The van der Waals surface area contributed by atoms with Gasteiger partial charge in [0.15, 0.2) is 0 Å². The van der Waals surface area contributed by atoms with Crippen molar-refractivity contribution in [3.8, 4) is 11.4 Å². The normalized spacial score (nSPS) is 16.3. The summed E-state index contributed by atoms with van der Waals surface area (Å²) in [5.41, 5.74) is 3.92. The number of hydrogen-bond donors (Lipinski definition) is 3. The predicted molar refractivity (Wildman–Crippen MR) is 99.2 cm³/mol. The summed E-state index contributed by atoms with van der Waals surface area (Å²) in [5, 5.41) is 8.03. The topological polar surface area (TPSA) is 118 Å². The molecule has 0 aliphatic carbocycles. The molecular weight excluding hydrogens is 352 g/mol. The summed E-state index contributed by atoms with van der Waals surface area (Å²) in [6, 6.07) is 10.1. The smallest absolute Gasteiger partial charge is 0.238 e. The Balaban J connectivity index is 1.80. The van der Waals surface area contributed by atoms with E-state index in [1.807, 2.05) is 26.0 Å². The van der Waals surface area contributed by atoms with E-state index in [9.17, 15) is 13.2 Å². The summed E-state index contributed by atoms with van der Waals surface area (Å²) in [5.74, 6) is 0.614. The number of rotatable bonds is 2. The number of carbonyl (C=O) groups is 1. The Morgan fingerprint density at radius 1 is 1.15 bits per heavy atom. The van der Waals surface area contributed by atoms with Crippen molar-refractivity contribution in [2.75, 3.05) is 5.32 Å². The lowest BCUT2D eigenvalue weighted by Gasteiger charge is -2.31. The molecule has 1 aliphatic rings. The number of aromatic amines is 1. The van der Waals surface area contributed by atoms with E-state index < -0.39 is 10.0 Å². The highest BCUT2D eigenvalue weighted by molar-refractivity contribution is 7.89. The molecule has 0 radical (unpaired) electrons. The molecule has 0 atom stereocenters. The number of imidazole rings is 1. The zero-order chi connectivity index (χ0) is 18.7. The van der Waals surface area contributed by atoms with Gasteiger partial charge >= 0.3 is 0 Å². The van der Waals surface area contributed by atoms with E-state index in [2.05, 4.69) is 15.3 Å². The van der Waals surface area contributed by atoms with Gasteiger partial charge in [0.25, 0.3) is 0 Å². The van der Waals surface area contributed by atoms with E-state index in [0.29, 0.717) is 12.2 Å². The number of amides is 1. The van der Waals surface area contributed by atoms with Crippen molar-refractivity contribution in [1.82, 2.24) is 9.97 Å². The van der Waals surface area contributed by atoms with E-state index in [1.165, 1.54) is 12.1 Å². The van der Waals surface area contributed by atoms with Crippen LogP contribution in [0.5, 0.6) is 0 Å². The number of H-pyrrole nitrogens is 1. The van der Waals surface area contributed by atoms with Gasteiger partial charge in [-0.2, -0.15) is 0 Å². The molecule has 0 spiro atoms. The van der Waals surface area contributed by atoms with Crippen LogP contribution in [0.25, 0.3) is 22.4 Å². The lowest BCUT2D eigenvalue weighted by molar-refractivity contribution is -0.117. The van der Waals surface area contributed by atoms with Crippen molar-refractivity contribution < 1.29 is 13.2 Å². The number of hydrogen-bond acceptors (Lipinski definition) is 4. The second kappa shape index (κ2) is 5.39. The second-order valence-electron chi connectivity index (χ2n) is 7.18. The van der Waals surface area contributed by atoms with Crippen LogP contribution in [0, 0.1) is 0 Å². The van der Waals surface area contributed by atoms with Crippen LogP contribution in [0.1, 0.15) is 25.8 Å².